The van der Waals surface area contributed by atoms with E-state index in [9.17, 15) is 14.0 Å². The quantitative estimate of drug-likeness (QED) is 0.348. The summed E-state index contributed by atoms with van der Waals surface area (Å²) >= 11 is 1.29. The number of esters is 1. The molecule has 9 heteroatoms. The van der Waals surface area contributed by atoms with Crippen LogP contribution in [0.3, 0.4) is 0 Å². The van der Waals surface area contributed by atoms with Gasteiger partial charge in [0.15, 0.2) is 5.82 Å². The topological polar surface area (TPSA) is 87.0 Å². The first kappa shape index (κ1) is 23.6. The maximum atomic E-state index is 13.4. The highest BCUT2D eigenvalue weighted by Gasteiger charge is 2.19. The van der Waals surface area contributed by atoms with Gasteiger partial charge in [-0.3, -0.25) is 14.6 Å². The summed E-state index contributed by atoms with van der Waals surface area (Å²) < 4.78 is 20.1. The Labute approximate surface area is 200 Å². The maximum Gasteiger partial charge on any atom is 0.308 e. The molecule has 0 saturated heterocycles. The number of carbonyl (C=O) groups excluding carboxylic acids is 2. The average molecular weight is 479 g/mol. The molecule has 7 nitrogen and oxygen atoms in total. The maximum absolute atomic E-state index is 13.4. The Balaban J connectivity index is 1.81. The van der Waals surface area contributed by atoms with E-state index in [0.717, 1.165) is 27.2 Å². The van der Waals surface area contributed by atoms with E-state index in [1.807, 2.05) is 32.9 Å². The van der Waals surface area contributed by atoms with Crippen molar-refractivity contribution >= 4 is 34.5 Å². The van der Waals surface area contributed by atoms with Crippen molar-refractivity contribution in [3.8, 4) is 17.1 Å². The number of rotatable bonds is 5. The molecule has 0 amide bonds. The second-order valence-electron chi connectivity index (χ2n) is 7.85. The van der Waals surface area contributed by atoms with Crippen molar-refractivity contribution < 1.29 is 18.7 Å². The number of hydrogen-bond donors (Lipinski definition) is 0. The van der Waals surface area contributed by atoms with Crippen molar-refractivity contribution in [2.24, 2.45) is 0 Å². The smallest absolute Gasteiger partial charge is 0.308 e. The predicted octanol–water partition coefficient (Wildman–Crippen LogP) is 5.55. The summed E-state index contributed by atoms with van der Waals surface area (Å²) in [5.74, 6) is -0.265. The standard InChI is InChI=1S/C25H23FN4O3S/c1-6-20-14(3)23(33-16(5)32)19-12-22(13(2)11-21(19)27-20)34-25-28-24(30(29-25)15(4)31)17-7-9-18(26)10-8-17/h7-12H,6H2,1-5H3. The van der Waals surface area contributed by atoms with E-state index in [-0.39, 0.29) is 11.7 Å². The molecule has 2 aromatic carbocycles. The number of aryl methyl sites for hydroxylation is 2. The molecule has 0 spiro atoms. The lowest BCUT2D eigenvalue weighted by Gasteiger charge is -2.14. The summed E-state index contributed by atoms with van der Waals surface area (Å²) in [6, 6.07) is 9.57. The van der Waals surface area contributed by atoms with Crippen LogP contribution in [-0.4, -0.2) is 31.6 Å². The molecule has 2 aromatic heterocycles. The highest BCUT2D eigenvalue weighted by Crippen LogP contribution is 2.37. The Bertz CT molecular complexity index is 1430. The highest BCUT2D eigenvalue weighted by molar-refractivity contribution is 7.99. The molecule has 0 aliphatic heterocycles. The molecule has 0 atom stereocenters. The summed E-state index contributed by atoms with van der Waals surface area (Å²) in [4.78, 5) is 34.1. The second-order valence-corrected chi connectivity index (χ2v) is 8.86. The van der Waals surface area contributed by atoms with Gasteiger partial charge in [0, 0.05) is 41.0 Å². The molecule has 4 aromatic rings. The van der Waals surface area contributed by atoms with Crippen LogP contribution in [0.25, 0.3) is 22.3 Å². The van der Waals surface area contributed by atoms with Gasteiger partial charge in [0.25, 0.3) is 0 Å². The molecule has 0 N–H and O–H groups in total. The molecule has 2 heterocycles. The number of fused-ring (bicyclic) bond motifs is 1. The fourth-order valence-corrected chi connectivity index (χ4v) is 4.53. The molecule has 0 radical (unpaired) electrons. The first-order valence-corrected chi connectivity index (χ1v) is 11.5. The first-order chi connectivity index (χ1) is 16.2. The Hall–Kier alpha value is -3.59. The zero-order valence-corrected chi connectivity index (χ0v) is 20.3. The molecular weight excluding hydrogens is 455 g/mol. The van der Waals surface area contributed by atoms with E-state index in [1.54, 1.807) is 12.1 Å². The third-order valence-corrected chi connectivity index (χ3v) is 6.35. The van der Waals surface area contributed by atoms with Gasteiger partial charge in [-0.15, -0.1) is 5.10 Å². The predicted molar refractivity (Wildman–Crippen MR) is 128 cm³/mol. The number of ether oxygens (including phenoxy) is 1. The highest BCUT2D eigenvalue weighted by atomic mass is 32.2. The Morgan fingerprint density at radius 1 is 1.09 bits per heavy atom. The van der Waals surface area contributed by atoms with Crippen molar-refractivity contribution in [1.29, 1.82) is 0 Å². The van der Waals surface area contributed by atoms with Crippen molar-refractivity contribution in [1.82, 2.24) is 19.7 Å². The molecule has 0 saturated carbocycles. The minimum absolute atomic E-state index is 0.307. The monoisotopic (exact) mass is 478 g/mol. The van der Waals surface area contributed by atoms with Gasteiger partial charge in [0.1, 0.15) is 11.6 Å². The molecule has 0 aliphatic carbocycles. The molecule has 0 bridgehead atoms. The zero-order chi connectivity index (χ0) is 24.6. The van der Waals surface area contributed by atoms with E-state index < -0.39 is 5.97 Å². The third kappa shape index (κ3) is 4.56. The summed E-state index contributed by atoms with van der Waals surface area (Å²) in [5.41, 5.74) is 3.94. The Morgan fingerprint density at radius 3 is 2.41 bits per heavy atom. The molecule has 4 rings (SSSR count). The van der Waals surface area contributed by atoms with Crippen molar-refractivity contribution in [2.45, 2.75) is 51.1 Å². The molecule has 0 fully saturated rings. The van der Waals surface area contributed by atoms with E-state index >= 15 is 0 Å². The number of aromatic nitrogens is 4. The van der Waals surface area contributed by atoms with E-state index in [1.165, 1.54) is 42.4 Å². The summed E-state index contributed by atoms with van der Waals surface area (Å²) in [6.45, 7) is 8.61. The second kappa shape index (κ2) is 9.34. The van der Waals surface area contributed by atoms with Gasteiger partial charge in [-0.05, 0) is 74.0 Å². The zero-order valence-electron chi connectivity index (χ0n) is 19.5. The van der Waals surface area contributed by atoms with Crippen LogP contribution in [0, 0.1) is 19.7 Å². The number of carbonyl (C=O) groups is 2. The van der Waals surface area contributed by atoms with Crippen molar-refractivity contribution in [2.75, 3.05) is 0 Å². The van der Waals surface area contributed by atoms with Crippen LogP contribution < -0.4 is 4.74 Å². The fraction of sp³-hybridized carbons (Fsp3) is 0.240. The molecular formula is C25H23FN4O3S. The third-order valence-electron chi connectivity index (χ3n) is 5.34. The van der Waals surface area contributed by atoms with Crippen molar-refractivity contribution in [3.05, 3.63) is 59.0 Å². The Kier molecular flexibility index (Phi) is 6.47. The van der Waals surface area contributed by atoms with Crippen LogP contribution in [0.5, 0.6) is 5.75 Å². The van der Waals surface area contributed by atoms with Crippen LogP contribution in [0.1, 0.15) is 42.4 Å². The van der Waals surface area contributed by atoms with Crippen LogP contribution in [-0.2, 0) is 11.2 Å². The normalized spacial score (nSPS) is 11.1. The summed E-state index contributed by atoms with van der Waals surface area (Å²) in [5, 5.41) is 5.44. The number of halogens is 1. The molecule has 174 valence electrons. The van der Waals surface area contributed by atoms with Crippen LogP contribution in [0.15, 0.2) is 46.5 Å². The number of benzene rings is 2. The summed E-state index contributed by atoms with van der Waals surface area (Å²) in [7, 11) is 0. The minimum atomic E-state index is -0.404. The van der Waals surface area contributed by atoms with Gasteiger partial charge in [-0.2, -0.15) is 4.68 Å². The first-order valence-electron chi connectivity index (χ1n) is 10.7. The van der Waals surface area contributed by atoms with Gasteiger partial charge in [0.05, 0.1) is 5.52 Å². The largest absolute Gasteiger partial charge is 0.426 e. The van der Waals surface area contributed by atoms with Gasteiger partial charge in [0.2, 0.25) is 11.1 Å². The van der Waals surface area contributed by atoms with Gasteiger partial charge in [-0.25, -0.2) is 9.37 Å². The number of hydrogen-bond acceptors (Lipinski definition) is 7. The molecule has 34 heavy (non-hydrogen) atoms. The molecule has 0 unspecified atom stereocenters. The summed E-state index contributed by atoms with van der Waals surface area (Å²) in [6.07, 6.45) is 0.712. The van der Waals surface area contributed by atoms with Crippen LogP contribution in [0.2, 0.25) is 0 Å². The van der Waals surface area contributed by atoms with Crippen molar-refractivity contribution in [3.63, 3.8) is 0 Å². The Morgan fingerprint density at radius 2 is 1.79 bits per heavy atom. The van der Waals surface area contributed by atoms with E-state index in [0.29, 0.717) is 34.1 Å². The number of pyridine rings is 1. The number of nitrogens with zero attached hydrogens (tertiary/aromatic N) is 4. The van der Waals surface area contributed by atoms with Gasteiger partial charge >= 0.3 is 5.97 Å². The van der Waals surface area contributed by atoms with Gasteiger partial charge < -0.3 is 4.74 Å². The van der Waals surface area contributed by atoms with Crippen LogP contribution >= 0.6 is 11.8 Å². The lowest BCUT2D eigenvalue weighted by atomic mass is 10.1. The molecule has 0 aliphatic rings. The SMILES string of the molecule is CCc1nc2cc(C)c(Sc3nc(-c4ccc(F)cc4)n(C(C)=O)n3)cc2c(OC(C)=O)c1C. The average Bonchev–Trinajstić information content (AvgIpc) is 3.21. The minimum Gasteiger partial charge on any atom is -0.426 e. The fourth-order valence-electron chi connectivity index (χ4n) is 3.68. The van der Waals surface area contributed by atoms with Crippen LogP contribution in [0.4, 0.5) is 4.39 Å². The lowest BCUT2D eigenvalue weighted by Crippen LogP contribution is -2.09. The van der Waals surface area contributed by atoms with Gasteiger partial charge in [-0.1, -0.05) is 6.92 Å². The van der Waals surface area contributed by atoms with E-state index in [2.05, 4.69) is 10.1 Å². The lowest BCUT2D eigenvalue weighted by molar-refractivity contribution is -0.131. The van der Waals surface area contributed by atoms with E-state index in [4.69, 9.17) is 9.72 Å².